The first kappa shape index (κ1) is 23.7. The zero-order valence-electron chi connectivity index (χ0n) is 19.7. The number of carbonyl (C=O) groups is 1. The van der Waals surface area contributed by atoms with E-state index in [4.69, 9.17) is 19.6 Å². The fourth-order valence-electron chi connectivity index (χ4n) is 4.35. The molecule has 1 aliphatic rings. The van der Waals surface area contributed by atoms with Gasteiger partial charge in [-0.25, -0.2) is 14.8 Å². The molecule has 0 amide bonds. The summed E-state index contributed by atoms with van der Waals surface area (Å²) in [5, 5.41) is 8.89. The van der Waals surface area contributed by atoms with E-state index in [0.717, 1.165) is 67.4 Å². The molecule has 1 unspecified atom stereocenters. The molecule has 34 heavy (non-hydrogen) atoms. The Morgan fingerprint density at radius 1 is 1.24 bits per heavy atom. The first-order valence-corrected chi connectivity index (χ1v) is 11.7. The third-order valence-electron chi connectivity index (χ3n) is 5.80. The molecule has 1 atom stereocenters. The van der Waals surface area contributed by atoms with Crippen LogP contribution in [-0.2, 0) is 17.8 Å². The molecule has 1 aromatic carbocycles. The number of imidazole rings is 1. The summed E-state index contributed by atoms with van der Waals surface area (Å²) in [6.07, 6.45) is 8.56. The number of aliphatic carboxylic acids is 1. The van der Waals surface area contributed by atoms with Crippen molar-refractivity contribution in [1.82, 2.24) is 24.8 Å². The van der Waals surface area contributed by atoms with Gasteiger partial charge in [-0.05, 0) is 63.3 Å². The van der Waals surface area contributed by atoms with Crippen molar-refractivity contribution >= 4 is 5.97 Å². The van der Waals surface area contributed by atoms with Gasteiger partial charge in [0.2, 0.25) is 0 Å². The van der Waals surface area contributed by atoms with Crippen molar-refractivity contribution in [3.05, 3.63) is 53.7 Å². The van der Waals surface area contributed by atoms with Crippen LogP contribution in [0.25, 0.3) is 11.5 Å². The second-order valence-corrected chi connectivity index (χ2v) is 8.65. The van der Waals surface area contributed by atoms with Crippen molar-refractivity contribution in [3.63, 3.8) is 0 Å². The lowest BCUT2D eigenvalue weighted by molar-refractivity contribution is -0.139. The lowest BCUT2D eigenvalue weighted by Crippen LogP contribution is -2.35. The molecule has 0 bridgehead atoms. The van der Waals surface area contributed by atoms with Crippen LogP contribution in [0.2, 0.25) is 0 Å². The zero-order chi connectivity index (χ0) is 23.9. The van der Waals surface area contributed by atoms with E-state index in [1.165, 1.54) is 0 Å². The Balaban J connectivity index is 1.38. The Morgan fingerprint density at radius 2 is 2.12 bits per heavy atom. The first-order valence-electron chi connectivity index (χ1n) is 11.7. The van der Waals surface area contributed by atoms with Crippen LogP contribution in [0.1, 0.15) is 36.7 Å². The summed E-state index contributed by atoms with van der Waals surface area (Å²) in [7, 11) is 0. The normalized spacial score (nSPS) is 16.4. The van der Waals surface area contributed by atoms with Crippen LogP contribution in [0.15, 0.2) is 36.8 Å². The number of carboxylic acids is 1. The highest BCUT2D eigenvalue weighted by molar-refractivity contribution is 5.68. The van der Waals surface area contributed by atoms with Gasteiger partial charge in [0.25, 0.3) is 0 Å². The number of rotatable bonds is 10. The van der Waals surface area contributed by atoms with Gasteiger partial charge in [-0.2, -0.15) is 0 Å². The predicted molar refractivity (Wildman–Crippen MR) is 127 cm³/mol. The number of carboxylic acid groups (broad SMARTS) is 1. The molecule has 0 radical (unpaired) electrons. The van der Waals surface area contributed by atoms with Crippen LogP contribution in [-0.4, -0.2) is 62.2 Å². The van der Waals surface area contributed by atoms with Gasteiger partial charge < -0.3 is 19.6 Å². The van der Waals surface area contributed by atoms with Crippen LogP contribution in [0.3, 0.4) is 0 Å². The molecule has 4 rings (SSSR count). The van der Waals surface area contributed by atoms with Crippen LogP contribution in [0, 0.1) is 12.8 Å². The van der Waals surface area contributed by atoms with Gasteiger partial charge in [-0.3, -0.25) is 9.88 Å². The van der Waals surface area contributed by atoms with Crippen LogP contribution < -0.4 is 9.47 Å². The van der Waals surface area contributed by atoms with Crippen molar-refractivity contribution in [2.24, 2.45) is 5.92 Å². The third-order valence-corrected chi connectivity index (χ3v) is 5.80. The molecule has 3 aromatic rings. The quantitative estimate of drug-likeness (QED) is 0.468. The van der Waals surface area contributed by atoms with Gasteiger partial charge in [-0.15, -0.1) is 0 Å². The number of aryl methyl sites for hydroxylation is 1. The molecule has 1 saturated heterocycles. The molecule has 2 aromatic heterocycles. The van der Waals surface area contributed by atoms with Gasteiger partial charge in [0.15, 0.2) is 23.9 Å². The molecular weight excluding hydrogens is 434 g/mol. The molecule has 9 nitrogen and oxygen atoms in total. The Morgan fingerprint density at radius 3 is 2.88 bits per heavy atom. The zero-order valence-corrected chi connectivity index (χ0v) is 19.7. The molecule has 0 aliphatic carbocycles. The van der Waals surface area contributed by atoms with E-state index in [-0.39, 0.29) is 0 Å². The van der Waals surface area contributed by atoms with E-state index in [2.05, 4.69) is 19.9 Å². The van der Waals surface area contributed by atoms with Crippen molar-refractivity contribution in [2.75, 3.05) is 26.3 Å². The number of likely N-dealkylation sites (tertiary alicyclic amines) is 1. The Labute approximate surface area is 199 Å². The smallest absolute Gasteiger partial charge is 0.341 e. The Hall–Kier alpha value is -3.46. The molecule has 180 valence electrons. The molecule has 0 saturated carbocycles. The highest BCUT2D eigenvalue weighted by Gasteiger charge is 2.22. The van der Waals surface area contributed by atoms with E-state index < -0.39 is 12.6 Å². The fraction of sp³-hybridized carbons (Fsp3) is 0.440. The van der Waals surface area contributed by atoms with E-state index >= 15 is 0 Å². The summed E-state index contributed by atoms with van der Waals surface area (Å²) in [6.45, 7) is 6.77. The minimum Gasteiger partial charge on any atom is -0.490 e. The number of nitrogens with one attached hydrogen (secondary N) is 1. The summed E-state index contributed by atoms with van der Waals surface area (Å²) < 4.78 is 11.1. The number of H-pyrrole nitrogens is 1. The van der Waals surface area contributed by atoms with E-state index in [9.17, 15) is 4.79 Å². The summed E-state index contributed by atoms with van der Waals surface area (Å²) in [5.41, 5.74) is 3.87. The maximum atomic E-state index is 10.8. The van der Waals surface area contributed by atoms with Gasteiger partial charge in [0.05, 0.1) is 18.5 Å². The summed E-state index contributed by atoms with van der Waals surface area (Å²) >= 11 is 0. The second-order valence-electron chi connectivity index (χ2n) is 8.65. The highest BCUT2D eigenvalue weighted by atomic mass is 16.5. The summed E-state index contributed by atoms with van der Waals surface area (Å²) in [5.74, 6) is 1.27. The van der Waals surface area contributed by atoms with Crippen molar-refractivity contribution < 1.29 is 19.4 Å². The largest absolute Gasteiger partial charge is 0.490 e. The molecule has 2 N–H and O–H groups in total. The lowest BCUT2D eigenvalue weighted by atomic mass is 9.93. The Kier molecular flexibility index (Phi) is 7.74. The van der Waals surface area contributed by atoms with Crippen LogP contribution >= 0.6 is 0 Å². The number of aromatic amines is 1. The second kappa shape index (κ2) is 11.1. The lowest BCUT2D eigenvalue weighted by Gasteiger charge is -2.32. The maximum absolute atomic E-state index is 10.8. The van der Waals surface area contributed by atoms with E-state index in [1.807, 2.05) is 32.2 Å². The molecule has 0 spiro atoms. The van der Waals surface area contributed by atoms with E-state index in [0.29, 0.717) is 24.0 Å². The van der Waals surface area contributed by atoms with Crippen molar-refractivity contribution in [2.45, 2.75) is 39.7 Å². The standard InChI is InChI=1S/C25H31N5O4/c1-3-33-23-10-19(6-7-22(23)34-16-24(31)32)15-30-8-4-5-18(14-30)9-20-12-26-13-21(29-20)25-27-11-17(2)28-25/h6-7,10-13,18H,3-5,8-9,14-16H2,1-2H3,(H,27,28)(H,31,32). The van der Waals surface area contributed by atoms with E-state index in [1.54, 1.807) is 18.5 Å². The molecule has 9 heteroatoms. The summed E-state index contributed by atoms with van der Waals surface area (Å²) in [4.78, 5) is 30.0. The van der Waals surface area contributed by atoms with Gasteiger partial charge in [0.1, 0.15) is 5.69 Å². The third kappa shape index (κ3) is 6.32. The topological polar surface area (TPSA) is 113 Å². The monoisotopic (exact) mass is 465 g/mol. The van der Waals surface area contributed by atoms with Gasteiger partial charge >= 0.3 is 5.97 Å². The first-order chi connectivity index (χ1) is 16.5. The number of hydrogen-bond acceptors (Lipinski definition) is 7. The maximum Gasteiger partial charge on any atom is 0.341 e. The number of aromatic nitrogens is 4. The van der Waals surface area contributed by atoms with Crippen LogP contribution in [0.4, 0.5) is 0 Å². The van der Waals surface area contributed by atoms with Crippen molar-refractivity contribution in [1.29, 1.82) is 0 Å². The number of benzene rings is 1. The van der Waals surface area contributed by atoms with Gasteiger partial charge in [0, 0.05) is 31.2 Å². The molecular formula is C25H31N5O4. The SMILES string of the molecule is CCOc1cc(CN2CCCC(Cc3cncc(-c4ncc(C)[nH]4)n3)C2)ccc1OCC(=O)O. The average molecular weight is 466 g/mol. The Bertz CT molecular complexity index is 1120. The predicted octanol–water partition coefficient (Wildman–Crippen LogP) is 3.49. The van der Waals surface area contributed by atoms with Crippen molar-refractivity contribution in [3.8, 4) is 23.0 Å². The average Bonchev–Trinajstić information content (AvgIpc) is 3.25. The van der Waals surface area contributed by atoms with Gasteiger partial charge in [-0.1, -0.05) is 6.07 Å². The minimum atomic E-state index is -1.01. The minimum absolute atomic E-state index is 0.392. The molecule has 1 aliphatic heterocycles. The molecule has 1 fully saturated rings. The number of ether oxygens (including phenoxy) is 2. The highest BCUT2D eigenvalue weighted by Crippen LogP contribution is 2.30. The molecule has 3 heterocycles. The summed E-state index contributed by atoms with van der Waals surface area (Å²) in [6, 6.07) is 5.72. The fourth-order valence-corrected chi connectivity index (χ4v) is 4.35. The number of nitrogens with zero attached hydrogens (tertiary/aromatic N) is 4. The number of piperidine rings is 1. The number of hydrogen-bond donors (Lipinski definition) is 2. The van der Waals surface area contributed by atoms with Crippen LogP contribution in [0.5, 0.6) is 11.5 Å².